The molecule has 0 fully saturated rings. The second kappa shape index (κ2) is 12.0. The lowest BCUT2D eigenvalue weighted by Crippen LogP contribution is -2.39. The van der Waals surface area contributed by atoms with Crippen molar-refractivity contribution in [3.63, 3.8) is 0 Å². The molecule has 0 aliphatic carbocycles. The highest BCUT2D eigenvalue weighted by Crippen LogP contribution is 2.14. The number of carbonyl (C=O) groups excluding carboxylic acids is 1. The number of rotatable bonds is 9. The molecule has 9 heteroatoms. The molecule has 0 spiro atoms. The summed E-state index contributed by atoms with van der Waals surface area (Å²) in [5.41, 5.74) is 0.358. The monoisotopic (exact) mass is 400 g/mol. The van der Waals surface area contributed by atoms with Crippen LogP contribution in [0.1, 0.15) is 32.8 Å². The van der Waals surface area contributed by atoms with Gasteiger partial charge in [-0.25, -0.2) is 13.6 Å². The molecule has 28 heavy (non-hydrogen) atoms. The Hall–Kier alpha value is -2.58. The van der Waals surface area contributed by atoms with E-state index in [2.05, 4.69) is 20.9 Å². The summed E-state index contributed by atoms with van der Waals surface area (Å²) < 4.78 is 34.6. The average molecular weight is 400 g/mol. The molecule has 0 atom stereocenters. The summed E-state index contributed by atoms with van der Waals surface area (Å²) in [5, 5.41) is 8.95. The number of aliphatic imine (C=N–C) groups is 1. The van der Waals surface area contributed by atoms with Gasteiger partial charge < -0.3 is 25.4 Å². The number of nitrogens with one attached hydrogen (secondary N) is 3. The van der Waals surface area contributed by atoms with E-state index in [1.807, 2.05) is 26.8 Å². The summed E-state index contributed by atoms with van der Waals surface area (Å²) in [5.74, 6) is 0.993. The molecule has 0 aliphatic rings. The standard InChI is InChI=1S/C19H30F2N4O3/c1-19(2,3)28-18(26)24-10-6-9-23-17(22-4)25-12-14-7-5-8-15(11-14)27-13-16(20)21/h5,7-8,11,16H,6,9-10,12-13H2,1-4H3,(H,24,26)(H2,22,23,25). The predicted octanol–water partition coefficient (Wildman–Crippen LogP) is 2.91. The number of alkyl carbamates (subject to hydrolysis) is 1. The Morgan fingerprint density at radius 2 is 1.89 bits per heavy atom. The molecule has 1 amide bonds. The van der Waals surface area contributed by atoms with Crippen molar-refractivity contribution in [2.75, 3.05) is 26.7 Å². The molecule has 158 valence electrons. The van der Waals surface area contributed by atoms with Gasteiger partial charge in [-0.2, -0.15) is 0 Å². The number of carbonyl (C=O) groups is 1. The highest BCUT2D eigenvalue weighted by Gasteiger charge is 2.15. The Morgan fingerprint density at radius 1 is 1.18 bits per heavy atom. The molecule has 0 saturated heterocycles. The minimum atomic E-state index is -2.50. The molecule has 0 heterocycles. The van der Waals surface area contributed by atoms with Gasteiger partial charge in [-0.05, 0) is 44.9 Å². The van der Waals surface area contributed by atoms with Gasteiger partial charge in [0.15, 0.2) is 5.96 Å². The van der Waals surface area contributed by atoms with Crippen molar-refractivity contribution >= 4 is 12.1 Å². The number of ether oxygens (including phenoxy) is 2. The Kier molecular flexibility index (Phi) is 10.0. The minimum Gasteiger partial charge on any atom is -0.488 e. The zero-order chi connectivity index (χ0) is 21.0. The molecule has 0 unspecified atom stereocenters. The third kappa shape index (κ3) is 11.2. The fourth-order valence-electron chi connectivity index (χ4n) is 2.11. The Morgan fingerprint density at radius 3 is 2.54 bits per heavy atom. The minimum absolute atomic E-state index is 0.399. The first-order valence-electron chi connectivity index (χ1n) is 9.11. The summed E-state index contributed by atoms with van der Waals surface area (Å²) in [6, 6.07) is 6.95. The van der Waals surface area contributed by atoms with Crippen molar-refractivity contribution in [2.24, 2.45) is 4.99 Å². The maximum Gasteiger partial charge on any atom is 0.407 e. The van der Waals surface area contributed by atoms with Crippen LogP contribution in [0.3, 0.4) is 0 Å². The second-order valence-corrected chi connectivity index (χ2v) is 6.98. The zero-order valence-corrected chi connectivity index (χ0v) is 16.9. The van der Waals surface area contributed by atoms with Crippen LogP contribution in [0.25, 0.3) is 0 Å². The van der Waals surface area contributed by atoms with Gasteiger partial charge in [-0.15, -0.1) is 0 Å². The summed E-state index contributed by atoms with van der Waals surface area (Å²) >= 11 is 0. The first kappa shape index (κ1) is 23.5. The van der Waals surface area contributed by atoms with Crippen molar-refractivity contribution in [3.8, 4) is 5.75 Å². The number of amides is 1. The van der Waals surface area contributed by atoms with E-state index in [-0.39, 0.29) is 0 Å². The normalized spacial score (nSPS) is 11.9. The van der Waals surface area contributed by atoms with Crippen LogP contribution in [0.2, 0.25) is 0 Å². The van der Waals surface area contributed by atoms with Gasteiger partial charge in [-0.3, -0.25) is 4.99 Å². The Bertz CT molecular complexity index is 634. The van der Waals surface area contributed by atoms with E-state index in [9.17, 15) is 13.6 Å². The van der Waals surface area contributed by atoms with Crippen LogP contribution in [-0.4, -0.2) is 50.8 Å². The van der Waals surface area contributed by atoms with Crippen molar-refractivity contribution in [1.29, 1.82) is 0 Å². The number of hydrogen-bond acceptors (Lipinski definition) is 4. The highest BCUT2D eigenvalue weighted by molar-refractivity contribution is 5.79. The lowest BCUT2D eigenvalue weighted by atomic mass is 10.2. The molecular weight excluding hydrogens is 370 g/mol. The van der Waals surface area contributed by atoms with Gasteiger partial charge in [0.1, 0.15) is 18.0 Å². The van der Waals surface area contributed by atoms with Crippen LogP contribution in [0.15, 0.2) is 29.3 Å². The molecule has 3 N–H and O–H groups in total. The third-order valence-electron chi connectivity index (χ3n) is 3.27. The van der Waals surface area contributed by atoms with Gasteiger partial charge >= 0.3 is 6.09 Å². The number of hydrogen-bond donors (Lipinski definition) is 3. The molecule has 0 bridgehead atoms. The molecule has 0 radical (unpaired) electrons. The van der Waals surface area contributed by atoms with E-state index in [4.69, 9.17) is 9.47 Å². The van der Waals surface area contributed by atoms with E-state index in [0.29, 0.717) is 37.8 Å². The Labute approximate surface area is 164 Å². The van der Waals surface area contributed by atoms with Crippen LogP contribution in [0.4, 0.5) is 13.6 Å². The van der Waals surface area contributed by atoms with Gasteiger partial charge in [-0.1, -0.05) is 12.1 Å². The van der Waals surface area contributed by atoms with Crippen molar-refractivity contribution < 1.29 is 23.0 Å². The summed E-state index contributed by atoms with van der Waals surface area (Å²) in [4.78, 5) is 15.7. The molecule has 1 aromatic rings. The van der Waals surface area contributed by atoms with Crippen LogP contribution >= 0.6 is 0 Å². The number of benzene rings is 1. The van der Waals surface area contributed by atoms with Crippen LogP contribution in [0.5, 0.6) is 5.75 Å². The number of nitrogens with zero attached hydrogens (tertiary/aromatic N) is 1. The summed E-state index contributed by atoms with van der Waals surface area (Å²) in [6.45, 7) is 6.34. The summed E-state index contributed by atoms with van der Waals surface area (Å²) in [7, 11) is 1.65. The van der Waals surface area contributed by atoms with Crippen molar-refractivity contribution in [1.82, 2.24) is 16.0 Å². The fraction of sp³-hybridized carbons (Fsp3) is 0.579. The number of halogens is 2. The first-order valence-corrected chi connectivity index (χ1v) is 9.11. The largest absolute Gasteiger partial charge is 0.488 e. The van der Waals surface area contributed by atoms with E-state index in [1.54, 1.807) is 25.2 Å². The molecule has 0 saturated carbocycles. The smallest absolute Gasteiger partial charge is 0.407 e. The highest BCUT2D eigenvalue weighted by atomic mass is 19.3. The average Bonchev–Trinajstić information content (AvgIpc) is 2.61. The topological polar surface area (TPSA) is 84.0 Å². The van der Waals surface area contributed by atoms with Crippen molar-refractivity contribution in [2.45, 2.75) is 45.8 Å². The third-order valence-corrected chi connectivity index (χ3v) is 3.27. The van der Waals surface area contributed by atoms with Gasteiger partial charge in [0.2, 0.25) is 0 Å². The molecule has 0 aliphatic heterocycles. The fourth-order valence-corrected chi connectivity index (χ4v) is 2.11. The molecule has 7 nitrogen and oxygen atoms in total. The van der Waals surface area contributed by atoms with E-state index in [1.165, 1.54) is 0 Å². The van der Waals surface area contributed by atoms with E-state index < -0.39 is 24.7 Å². The first-order chi connectivity index (χ1) is 13.2. The van der Waals surface area contributed by atoms with Crippen LogP contribution < -0.4 is 20.7 Å². The number of alkyl halides is 2. The van der Waals surface area contributed by atoms with Crippen molar-refractivity contribution in [3.05, 3.63) is 29.8 Å². The Balaban J connectivity index is 2.28. The maximum atomic E-state index is 12.2. The predicted molar refractivity (Wildman–Crippen MR) is 105 cm³/mol. The number of guanidine groups is 1. The maximum absolute atomic E-state index is 12.2. The molecule has 1 rings (SSSR count). The van der Waals surface area contributed by atoms with Gasteiger partial charge in [0, 0.05) is 26.7 Å². The SMILES string of the molecule is CN=C(NCCCNC(=O)OC(C)(C)C)NCc1cccc(OCC(F)F)c1. The van der Waals surface area contributed by atoms with E-state index >= 15 is 0 Å². The molecular formula is C19H30F2N4O3. The lowest BCUT2D eigenvalue weighted by molar-refractivity contribution is 0.0527. The van der Waals surface area contributed by atoms with Crippen LogP contribution in [-0.2, 0) is 11.3 Å². The summed E-state index contributed by atoms with van der Waals surface area (Å²) in [6.07, 6.45) is -2.25. The van der Waals surface area contributed by atoms with E-state index in [0.717, 1.165) is 5.56 Å². The van der Waals surface area contributed by atoms with Gasteiger partial charge in [0.05, 0.1) is 0 Å². The quantitative estimate of drug-likeness (QED) is 0.337. The lowest BCUT2D eigenvalue weighted by Gasteiger charge is -2.19. The second-order valence-electron chi connectivity index (χ2n) is 6.98. The molecule has 0 aromatic heterocycles. The van der Waals surface area contributed by atoms with Gasteiger partial charge in [0.25, 0.3) is 6.43 Å². The zero-order valence-electron chi connectivity index (χ0n) is 16.9. The van der Waals surface area contributed by atoms with Crippen LogP contribution in [0, 0.1) is 0 Å². The molecule has 1 aromatic carbocycles.